The van der Waals surface area contributed by atoms with Crippen LogP contribution in [0, 0.1) is 0 Å². The SMILES string of the molecule is CC(C)N(C)CCNC1CCCC(S(C)(=O)=O)C1. The van der Waals surface area contributed by atoms with Gasteiger partial charge in [0, 0.05) is 31.4 Å². The summed E-state index contributed by atoms with van der Waals surface area (Å²) in [5.41, 5.74) is 0. The third-order valence-corrected chi connectivity index (χ3v) is 5.65. The normalized spacial score (nSPS) is 25.9. The summed E-state index contributed by atoms with van der Waals surface area (Å²) in [5.74, 6) is 0. The van der Waals surface area contributed by atoms with Crippen LogP contribution in [-0.2, 0) is 9.84 Å². The molecule has 4 nitrogen and oxygen atoms in total. The fourth-order valence-corrected chi connectivity index (χ4v) is 3.60. The van der Waals surface area contributed by atoms with E-state index in [-0.39, 0.29) is 5.25 Å². The van der Waals surface area contributed by atoms with Gasteiger partial charge in [-0.05, 0) is 40.2 Å². The summed E-state index contributed by atoms with van der Waals surface area (Å²) >= 11 is 0. The van der Waals surface area contributed by atoms with Crippen molar-refractivity contribution in [3.8, 4) is 0 Å². The topological polar surface area (TPSA) is 49.4 Å². The predicted molar refractivity (Wildman–Crippen MR) is 76.7 cm³/mol. The molecule has 1 saturated carbocycles. The van der Waals surface area contributed by atoms with E-state index in [0.29, 0.717) is 12.1 Å². The first-order chi connectivity index (χ1) is 8.30. The van der Waals surface area contributed by atoms with Gasteiger partial charge >= 0.3 is 0 Å². The number of rotatable bonds is 6. The maximum absolute atomic E-state index is 11.6. The zero-order valence-corrected chi connectivity index (χ0v) is 13.0. The molecule has 1 aliphatic rings. The van der Waals surface area contributed by atoms with Crippen LogP contribution >= 0.6 is 0 Å². The highest BCUT2D eigenvalue weighted by atomic mass is 32.2. The van der Waals surface area contributed by atoms with Crippen molar-refractivity contribution in [1.82, 2.24) is 10.2 Å². The number of hydrogen-bond acceptors (Lipinski definition) is 4. The van der Waals surface area contributed by atoms with E-state index in [0.717, 1.165) is 38.8 Å². The Morgan fingerprint density at radius 3 is 2.56 bits per heavy atom. The van der Waals surface area contributed by atoms with Crippen molar-refractivity contribution in [2.75, 3.05) is 26.4 Å². The molecule has 18 heavy (non-hydrogen) atoms. The zero-order valence-electron chi connectivity index (χ0n) is 12.1. The molecule has 0 heterocycles. The van der Waals surface area contributed by atoms with E-state index in [4.69, 9.17) is 0 Å². The van der Waals surface area contributed by atoms with Gasteiger partial charge in [0.2, 0.25) is 0 Å². The molecule has 108 valence electrons. The van der Waals surface area contributed by atoms with Crippen molar-refractivity contribution in [3.63, 3.8) is 0 Å². The lowest BCUT2D eigenvalue weighted by Crippen LogP contribution is -2.42. The summed E-state index contributed by atoms with van der Waals surface area (Å²) in [6, 6.07) is 0.931. The Labute approximate surface area is 112 Å². The van der Waals surface area contributed by atoms with E-state index >= 15 is 0 Å². The van der Waals surface area contributed by atoms with Crippen molar-refractivity contribution >= 4 is 9.84 Å². The minimum atomic E-state index is -2.86. The summed E-state index contributed by atoms with van der Waals surface area (Å²) in [7, 11) is -0.746. The van der Waals surface area contributed by atoms with Gasteiger partial charge in [-0.15, -0.1) is 0 Å². The van der Waals surface area contributed by atoms with Crippen LogP contribution in [0.2, 0.25) is 0 Å². The van der Waals surface area contributed by atoms with Crippen LogP contribution in [-0.4, -0.2) is 57.0 Å². The molecule has 0 aromatic carbocycles. The van der Waals surface area contributed by atoms with Gasteiger partial charge in [-0.3, -0.25) is 0 Å². The molecule has 0 saturated heterocycles. The first kappa shape index (κ1) is 15.9. The first-order valence-corrected chi connectivity index (χ1v) is 8.88. The third-order valence-electron chi connectivity index (χ3n) is 4.01. The maximum atomic E-state index is 11.6. The molecule has 0 radical (unpaired) electrons. The van der Waals surface area contributed by atoms with Gasteiger partial charge in [-0.1, -0.05) is 6.42 Å². The Hall–Kier alpha value is -0.130. The van der Waals surface area contributed by atoms with Crippen LogP contribution in [0.25, 0.3) is 0 Å². The summed E-state index contributed by atoms with van der Waals surface area (Å²) in [6.45, 7) is 6.31. The molecule has 1 fully saturated rings. The number of likely N-dealkylation sites (N-methyl/N-ethyl adjacent to an activating group) is 1. The Kier molecular flexibility index (Phi) is 6.08. The molecule has 5 heteroatoms. The van der Waals surface area contributed by atoms with E-state index < -0.39 is 9.84 Å². The number of nitrogens with zero attached hydrogens (tertiary/aromatic N) is 1. The van der Waals surface area contributed by atoms with Crippen LogP contribution in [0.15, 0.2) is 0 Å². The van der Waals surface area contributed by atoms with Crippen LogP contribution in [0.5, 0.6) is 0 Å². The van der Waals surface area contributed by atoms with Crippen LogP contribution in [0.3, 0.4) is 0 Å². The fraction of sp³-hybridized carbons (Fsp3) is 1.00. The first-order valence-electron chi connectivity index (χ1n) is 6.93. The molecule has 0 amide bonds. The number of nitrogens with one attached hydrogen (secondary N) is 1. The molecule has 0 aliphatic heterocycles. The largest absolute Gasteiger partial charge is 0.313 e. The molecule has 1 rings (SSSR count). The quantitative estimate of drug-likeness (QED) is 0.794. The zero-order chi connectivity index (χ0) is 13.8. The smallest absolute Gasteiger partial charge is 0.150 e. The Balaban J connectivity index is 2.31. The predicted octanol–water partition coefficient (Wildman–Crippen LogP) is 1.27. The summed E-state index contributed by atoms with van der Waals surface area (Å²) in [4.78, 5) is 2.30. The molecule has 0 aromatic heterocycles. The lowest BCUT2D eigenvalue weighted by molar-refractivity contribution is 0.262. The van der Waals surface area contributed by atoms with Gasteiger partial charge < -0.3 is 10.2 Å². The maximum Gasteiger partial charge on any atom is 0.150 e. The van der Waals surface area contributed by atoms with Gasteiger partial charge in [0.25, 0.3) is 0 Å². The van der Waals surface area contributed by atoms with E-state index in [1.165, 1.54) is 6.26 Å². The van der Waals surface area contributed by atoms with Crippen molar-refractivity contribution in [2.24, 2.45) is 0 Å². The Morgan fingerprint density at radius 1 is 1.33 bits per heavy atom. The molecule has 0 bridgehead atoms. The summed E-state index contributed by atoms with van der Waals surface area (Å²) in [6.07, 6.45) is 5.12. The van der Waals surface area contributed by atoms with Gasteiger partial charge in [0.05, 0.1) is 5.25 Å². The number of sulfone groups is 1. The minimum absolute atomic E-state index is 0.133. The van der Waals surface area contributed by atoms with Crippen molar-refractivity contribution < 1.29 is 8.42 Å². The van der Waals surface area contributed by atoms with Crippen molar-refractivity contribution in [1.29, 1.82) is 0 Å². The van der Waals surface area contributed by atoms with Crippen LogP contribution in [0.1, 0.15) is 39.5 Å². The standard InChI is InChI=1S/C13H28N2O2S/c1-11(2)15(3)9-8-14-12-6-5-7-13(10-12)18(4,16)17/h11-14H,5-10H2,1-4H3. The van der Waals surface area contributed by atoms with E-state index in [2.05, 4.69) is 31.1 Å². The lowest BCUT2D eigenvalue weighted by Gasteiger charge is -2.30. The third kappa shape index (κ3) is 5.24. The molecule has 0 spiro atoms. The van der Waals surface area contributed by atoms with Gasteiger partial charge in [-0.2, -0.15) is 0 Å². The molecule has 2 atom stereocenters. The highest BCUT2D eigenvalue weighted by Crippen LogP contribution is 2.23. The highest BCUT2D eigenvalue weighted by molar-refractivity contribution is 7.91. The van der Waals surface area contributed by atoms with Gasteiger partial charge in [0.15, 0.2) is 0 Å². The average molecular weight is 276 g/mol. The molecule has 0 aromatic rings. The molecular weight excluding hydrogens is 248 g/mol. The van der Waals surface area contributed by atoms with E-state index in [1.54, 1.807) is 0 Å². The summed E-state index contributed by atoms with van der Waals surface area (Å²) in [5, 5.41) is 3.37. The number of hydrogen-bond donors (Lipinski definition) is 1. The Bertz CT molecular complexity index is 341. The average Bonchev–Trinajstić information content (AvgIpc) is 2.28. The second kappa shape index (κ2) is 6.87. The van der Waals surface area contributed by atoms with Gasteiger partial charge in [0.1, 0.15) is 9.84 Å². The second-order valence-electron chi connectivity index (χ2n) is 5.84. The monoisotopic (exact) mass is 276 g/mol. The second-order valence-corrected chi connectivity index (χ2v) is 8.17. The van der Waals surface area contributed by atoms with Crippen molar-refractivity contribution in [2.45, 2.75) is 56.9 Å². The highest BCUT2D eigenvalue weighted by Gasteiger charge is 2.28. The van der Waals surface area contributed by atoms with E-state index in [9.17, 15) is 8.42 Å². The molecule has 1 N–H and O–H groups in total. The molecule has 1 aliphatic carbocycles. The fourth-order valence-electron chi connectivity index (χ4n) is 2.42. The van der Waals surface area contributed by atoms with Crippen LogP contribution in [0.4, 0.5) is 0 Å². The minimum Gasteiger partial charge on any atom is -0.313 e. The summed E-state index contributed by atoms with van der Waals surface area (Å²) < 4.78 is 23.1. The van der Waals surface area contributed by atoms with Crippen molar-refractivity contribution in [3.05, 3.63) is 0 Å². The van der Waals surface area contributed by atoms with Crippen LogP contribution < -0.4 is 5.32 Å². The Morgan fingerprint density at radius 2 is 2.00 bits per heavy atom. The molecular formula is C13H28N2O2S. The molecule has 2 unspecified atom stereocenters. The lowest BCUT2D eigenvalue weighted by atomic mass is 9.95. The van der Waals surface area contributed by atoms with E-state index in [1.807, 2.05) is 0 Å². The van der Waals surface area contributed by atoms with Gasteiger partial charge in [-0.25, -0.2) is 8.42 Å².